The Kier molecular flexibility index (Phi) is 5.30. The van der Waals surface area contributed by atoms with Crippen LogP contribution >= 0.6 is 0 Å². The number of aromatic nitrogens is 1. The predicted octanol–water partition coefficient (Wildman–Crippen LogP) is 2.80. The standard InChI is InChI=1S/C20H30BNO5/c1-7-24-17(23)20(9-8-10-20)13-25-16-11-14(2)15(12-22-16)21-26-18(3,4)19(5,6)27-21/h11-12H,7-10,13H2,1-6H3. The second kappa shape index (κ2) is 7.10. The molecule has 2 heterocycles. The summed E-state index contributed by atoms with van der Waals surface area (Å²) in [4.78, 5) is 16.6. The molecular formula is C20H30BNO5. The number of pyridine rings is 1. The van der Waals surface area contributed by atoms with Gasteiger partial charge in [0.2, 0.25) is 5.88 Å². The molecule has 1 saturated heterocycles. The van der Waals surface area contributed by atoms with Crippen LogP contribution in [0.2, 0.25) is 0 Å². The second-order valence-electron chi connectivity index (χ2n) is 8.61. The topological polar surface area (TPSA) is 66.9 Å². The lowest BCUT2D eigenvalue weighted by Gasteiger charge is -2.38. The van der Waals surface area contributed by atoms with Crippen molar-refractivity contribution >= 4 is 18.6 Å². The number of carbonyl (C=O) groups is 1. The highest BCUT2D eigenvalue weighted by Crippen LogP contribution is 2.42. The minimum atomic E-state index is -0.518. The van der Waals surface area contributed by atoms with Crippen LogP contribution in [0, 0.1) is 12.3 Å². The van der Waals surface area contributed by atoms with E-state index in [2.05, 4.69) is 4.98 Å². The van der Waals surface area contributed by atoms with E-state index in [1.165, 1.54) is 0 Å². The van der Waals surface area contributed by atoms with E-state index in [-0.39, 0.29) is 5.97 Å². The van der Waals surface area contributed by atoms with Gasteiger partial charge in [0.25, 0.3) is 0 Å². The van der Waals surface area contributed by atoms with Gasteiger partial charge in [-0.1, -0.05) is 6.42 Å². The fraction of sp³-hybridized carbons (Fsp3) is 0.700. The van der Waals surface area contributed by atoms with Crippen LogP contribution in [0.3, 0.4) is 0 Å². The first-order chi connectivity index (χ1) is 12.6. The summed E-state index contributed by atoms with van der Waals surface area (Å²) in [6, 6.07) is 1.87. The van der Waals surface area contributed by atoms with Gasteiger partial charge in [-0.2, -0.15) is 0 Å². The molecule has 1 aromatic rings. The third-order valence-electron chi connectivity index (χ3n) is 6.15. The number of rotatable bonds is 6. The molecule has 2 fully saturated rings. The van der Waals surface area contributed by atoms with Gasteiger partial charge < -0.3 is 18.8 Å². The smallest absolute Gasteiger partial charge is 0.476 e. The second-order valence-corrected chi connectivity index (χ2v) is 8.61. The van der Waals surface area contributed by atoms with Crippen LogP contribution in [0.4, 0.5) is 0 Å². The maximum atomic E-state index is 12.2. The summed E-state index contributed by atoms with van der Waals surface area (Å²) in [7, 11) is -0.450. The quantitative estimate of drug-likeness (QED) is 0.563. The van der Waals surface area contributed by atoms with Crippen molar-refractivity contribution in [3.05, 3.63) is 17.8 Å². The lowest BCUT2D eigenvalue weighted by molar-refractivity contribution is -0.163. The fourth-order valence-electron chi connectivity index (χ4n) is 3.34. The van der Waals surface area contributed by atoms with Crippen LogP contribution in [0.5, 0.6) is 5.88 Å². The van der Waals surface area contributed by atoms with Gasteiger partial charge in [-0.3, -0.25) is 4.79 Å². The van der Waals surface area contributed by atoms with Crippen LogP contribution < -0.4 is 10.2 Å². The summed E-state index contributed by atoms with van der Waals surface area (Å²) in [6.07, 6.45) is 4.37. The van der Waals surface area contributed by atoms with Crippen LogP contribution in [-0.2, 0) is 18.8 Å². The molecular weight excluding hydrogens is 345 g/mol. The molecule has 7 heteroatoms. The molecule has 1 aliphatic carbocycles. The van der Waals surface area contributed by atoms with E-state index in [0.717, 1.165) is 30.3 Å². The Morgan fingerprint density at radius 1 is 1.22 bits per heavy atom. The number of ether oxygens (including phenoxy) is 2. The molecule has 0 amide bonds. The Morgan fingerprint density at radius 2 is 1.85 bits per heavy atom. The van der Waals surface area contributed by atoms with Gasteiger partial charge in [0.1, 0.15) is 12.0 Å². The summed E-state index contributed by atoms with van der Waals surface area (Å²) < 4.78 is 23.3. The van der Waals surface area contributed by atoms with Gasteiger partial charge in [-0.25, -0.2) is 4.98 Å². The Labute approximate surface area is 162 Å². The number of aryl methyl sites for hydroxylation is 1. The van der Waals surface area contributed by atoms with Crippen molar-refractivity contribution in [2.45, 2.75) is 72.0 Å². The van der Waals surface area contributed by atoms with Crippen molar-refractivity contribution < 1.29 is 23.6 Å². The zero-order valence-corrected chi connectivity index (χ0v) is 17.3. The monoisotopic (exact) mass is 375 g/mol. The van der Waals surface area contributed by atoms with Crippen LogP contribution in [0.25, 0.3) is 0 Å². The van der Waals surface area contributed by atoms with E-state index >= 15 is 0 Å². The molecule has 0 N–H and O–H groups in total. The minimum Gasteiger partial charge on any atom is -0.476 e. The zero-order valence-electron chi connectivity index (χ0n) is 17.3. The summed E-state index contributed by atoms with van der Waals surface area (Å²) in [5.74, 6) is 0.338. The maximum Gasteiger partial charge on any atom is 0.496 e. The molecule has 0 aromatic carbocycles. The molecule has 1 saturated carbocycles. The normalized spacial score (nSPS) is 22.2. The van der Waals surface area contributed by atoms with Crippen molar-refractivity contribution in [3.8, 4) is 5.88 Å². The van der Waals surface area contributed by atoms with E-state index in [1.807, 2.05) is 47.6 Å². The first-order valence-corrected chi connectivity index (χ1v) is 9.72. The van der Waals surface area contributed by atoms with E-state index in [0.29, 0.717) is 19.1 Å². The lowest BCUT2D eigenvalue weighted by atomic mass is 9.69. The van der Waals surface area contributed by atoms with E-state index in [1.54, 1.807) is 6.20 Å². The van der Waals surface area contributed by atoms with Gasteiger partial charge in [0.15, 0.2) is 0 Å². The third kappa shape index (κ3) is 3.72. The van der Waals surface area contributed by atoms with E-state index in [9.17, 15) is 4.79 Å². The molecule has 3 rings (SSSR count). The zero-order chi connectivity index (χ0) is 19.9. The van der Waals surface area contributed by atoms with Gasteiger partial charge in [-0.15, -0.1) is 0 Å². The molecule has 1 aromatic heterocycles. The van der Waals surface area contributed by atoms with Gasteiger partial charge in [0.05, 0.1) is 17.8 Å². The van der Waals surface area contributed by atoms with Crippen molar-refractivity contribution in [2.75, 3.05) is 13.2 Å². The first kappa shape index (κ1) is 20.1. The summed E-state index contributed by atoms with van der Waals surface area (Å²) in [5, 5.41) is 0. The Morgan fingerprint density at radius 3 is 2.33 bits per heavy atom. The molecule has 1 aliphatic heterocycles. The van der Waals surface area contributed by atoms with Crippen molar-refractivity contribution in [3.63, 3.8) is 0 Å². The minimum absolute atomic E-state index is 0.165. The predicted molar refractivity (Wildman–Crippen MR) is 103 cm³/mol. The van der Waals surface area contributed by atoms with Crippen molar-refractivity contribution in [2.24, 2.45) is 5.41 Å². The SMILES string of the molecule is CCOC(=O)C1(COc2cc(C)c(B3OC(C)(C)C(C)(C)O3)cn2)CCC1. The highest BCUT2D eigenvalue weighted by molar-refractivity contribution is 6.62. The van der Waals surface area contributed by atoms with Gasteiger partial charge in [-0.05, 0) is 59.9 Å². The number of nitrogens with zero attached hydrogens (tertiary/aromatic N) is 1. The van der Waals surface area contributed by atoms with Gasteiger partial charge in [0, 0.05) is 17.7 Å². The van der Waals surface area contributed by atoms with Crippen LogP contribution in [-0.4, -0.2) is 42.5 Å². The number of esters is 1. The van der Waals surface area contributed by atoms with Crippen molar-refractivity contribution in [1.29, 1.82) is 0 Å². The largest absolute Gasteiger partial charge is 0.496 e. The third-order valence-corrected chi connectivity index (χ3v) is 6.15. The molecule has 148 valence electrons. The highest BCUT2D eigenvalue weighted by atomic mass is 16.7. The van der Waals surface area contributed by atoms with E-state index < -0.39 is 23.7 Å². The molecule has 0 atom stereocenters. The molecule has 0 spiro atoms. The first-order valence-electron chi connectivity index (χ1n) is 9.72. The molecule has 2 aliphatic rings. The Hall–Kier alpha value is -1.60. The number of hydrogen-bond acceptors (Lipinski definition) is 6. The highest BCUT2D eigenvalue weighted by Gasteiger charge is 2.52. The van der Waals surface area contributed by atoms with Crippen molar-refractivity contribution in [1.82, 2.24) is 4.98 Å². The number of hydrogen-bond donors (Lipinski definition) is 0. The molecule has 27 heavy (non-hydrogen) atoms. The average molecular weight is 375 g/mol. The molecule has 0 bridgehead atoms. The van der Waals surface area contributed by atoms with Gasteiger partial charge >= 0.3 is 13.1 Å². The summed E-state index contributed by atoms with van der Waals surface area (Å²) in [5.41, 5.74) is 0.572. The Balaban J connectivity index is 1.68. The fourth-order valence-corrected chi connectivity index (χ4v) is 3.34. The average Bonchev–Trinajstić information content (AvgIpc) is 2.74. The molecule has 0 radical (unpaired) electrons. The summed E-state index contributed by atoms with van der Waals surface area (Å²) >= 11 is 0. The van der Waals surface area contributed by atoms with E-state index in [4.69, 9.17) is 18.8 Å². The lowest BCUT2D eigenvalue weighted by Crippen LogP contribution is -2.44. The van der Waals surface area contributed by atoms with Crippen LogP contribution in [0.15, 0.2) is 12.3 Å². The molecule has 6 nitrogen and oxygen atoms in total. The van der Waals surface area contributed by atoms with Crippen LogP contribution in [0.1, 0.15) is 59.4 Å². The molecule has 0 unspecified atom stereocenters. The summed E-state index contributed by atoms with van der Waals surface area (Å²) in [6.45, 7) is 12.6. The number of carbonyl (C=O) groups excluding carboxylic acids is 1. The maximum absolute atomic E-state index is 12.2. The Bertz CT molecular complexity index is 698.